The third-order valence-electron chi connectivity index (χ3n) is 10.8. The number of phenolic OH excluding ortho intramolecular Hbond substituents is 1. The monoisotopic (exact) mass is 597 g/mol. The molecule has 4 atom stereocenters. The number of ketones is 1. The second-order valence-corrected chi connectivity index (χ2v) is 13.7. The number of aromatic hydroxyl groups is 1. The predicted octanol–water partition coefficient (Wildman–Crippen LogP) is 6.82. The molecule has 2 aliphatic heterocycles. The van der Waals surface area contributed by atoms with Gasteiger partial charge in [0, 0.05) is 24.6 Å². The van der Waals surface area contributed by atoms with Crippen LogP contribution in [0.2, 0.25) is 0 Å². The summed E-state index contributed by atoms with van der Waals surface area (Å²) in [5.74, 6) is 1.53. The van der Waals surface area contributed by atoms with Crippen LogP contribution in [0.1, 0.15) is 61.6 Å². The highest BCUT2D eigenvalue weighted by atomic mass is 32.2. The number of carbonyl (C=O) groups is 1. The van der Waals surface area contributed by atoms with Crippen molar-refractivity contribution in [2.75, 3.05) is 19.7 Å². The van der Waals surface area contributed by atoms with Gasteiger partial charge in [0.15, 0.2) is 35.7 Å². The summed E-state index contributed by atoms with van der Waals surface area (Å²) in [6.45, 7) is 2.59. The summed E-state index contributed by atoms with van der Waals surface area (Å²) in [6.07, 6.45) is 7.52. The summed E-state index contributed by atoms with van der Waals surface area (Å²) in [7, 11) is 0. The van der Waals surface area contributed by atoms with Gasteiger partial charge >= 0.3 is 0 Å². The van der Waals surface area contributed by atoms with Crippen LogP contribution in [0.15, 0.2) is 66.7 Å². The number of ether oxygens (including phenoxy) is 1. The lowest BCUT2D eigenvalue weighted by Gasteiger charge is -2.60. The lowest BCUT2D eigenvalue weighted by Crippen LogP contribution is -2.74. The highest BCUT2D eigenvalue weighted by Gasteiger charge is 2.73. The standard InChI is InChI=1S/C36H39NO5S/c38-29-16-14-28-15-17-31-36(42-43-40-22-4-5-24-10-12-27(13-11-24)26-6-2-1-3-7-26)19-18-30(39)34-35(36,32(28)33(29)41-34)20-21-37(31)23-25-8-9-25/h1-3,6-7,10-14,16,25,31,34,38H,4-5,8-9,15,17-23H2. The summed E-state index contributed by atoms with van der Waals surface area (Å²) >= 11 is 1.12. The molecule has 3 aromatic carbocycles. The fraction of sp³-hybridized carbons (Fsp3) is 0.472. The number of carbonyl (C=O) groups excluding carboxylic acids is 1. The smallest absolute Gasteiger partial charge is 0.174 e. The van der Waals surface area contributed by atoms with E-state index in [0.29, 0.717) is 25.2 Å². The number of aryl methyl sites for hydroxylation is 2. The highest BCUT2D eigenvalue weighted by Crippen LogP contribution is 2.66. The molecule has 3 fully saturated rings. The fourth-order valence-corrected chi connectivity index (χ4v) is 9.30. The van der Waals surface area contributed by atoms with Crippen molar-refractivity contribution in [1.82, 2.24) is 4.90 Å². The molecular weight excluding hydrogens is 558 g/mol. The Hall–Kier alpha value is -2.84. The minimum absolute atomic E-state index is 0.126. The van der Waals surface area contributed by atoms with Gasteiger partial charge in [-0.15, -0.1) is 0 Å². The first-order valence-electron chi connectivity index (χ1n) is 16.0. The Kier molecular flexibility index (Phi) is 7.05. The van der Waals surface area contributed by atoms with E-state index in [1.54, 1.807) is 6.07 Å². The van der Waals surface area contributed by atoms with E-state index in [1.807, 2.05) is 12.1 Å². The summed E-state index contributed by atoms with van der Waals surface area (Å²) in [6, 6.07) is 23.2. The Morgan fingerprint density at radius 2 is 1.77 bits per heavy atom. The molecule has 0 aromatic heterocycles. The Labute approximate surface area is 258 Å². The Balaban J connectivity index is 0.999. The first-order valence-corrected chi connectivity index (χ1v) is 16.7. The van der Waals surface area contributed by atoms with Gasteiger partial charge in [-0.1, -0.05) is 60.7 Å². The van der Waals surface area contributed by atoms with Crippen molar-refractivity contribution in [3.05, 3.63) is 83.4 Å². The van der Waals surface area contributed by atoms with Crippen LogP contribution in [-0.2, 0) is 31.4 Å². The van der Waals surface area contributed by atoms with Gasteiger partial charge in [0.05, 0.1) is 12.0 Å². The minimum atomic E-state index is -0.624. The Morgan fingerprint density at radius 1 is 0.953 bits per heavy atom. The molecule has 2 heterocycles. The molecule has 1 N–H and O–H groups in total. The molecule has 6 nitrogen and oxygen atoms in total. The van der Waals surface area contributed by atoms with Gasteiger partial charge in [-0.05, 0) is 92.1 Å². The number of rotatable bonds is 10. The van der Waals surface area contributed by atoms with Crippen LogP contribution in [0, 0.1) is 5.92 Å². The van der Waals surface area contributed by atoms with Crippen LogP contribution < -0.4 is 4.74 Å². The number of likely N-dealkylation sites (tertiary alicyclic amines) is 1. The molecule has 3 aromatic rings. The van der Waals surface area contributed by atoms with Gasteiger partial charge in [0.2, 0.25) is 0 Å². The van der Waals surface area contributed by atoms with Crippen molar-refractivity contribution in [2.24, 2.45) is 5.92 Å². The Morgan fingerprint density at radius 3 is 2.58 bits per heavy atom. The number of piperidine rings is 1. The summed E-state index contributed by atoms with van der Waals surface area (Å²) < 4.78 is 19.5. The molecule has 1 spiro atoms. The number of hydrogen-bond acceptors (Lipinski definition) is 7. The topological polar surface area (TPSA) is 68.2 Å². The quantitative estimate of drug-likeness (QED) is 0.203. The molecule has 224 valence electrons. The van der Waals surface area contributed by atoms with Crippen LogP contribution in [-0.4, -0.2) is 53.2 Å². The zero-order valence-corrected chi connectivity index (χ0v) is 25.3. The van der Waals surface area contributed by atoms with Crippen LogP contribution in [0.3, 0.4) is 0 Å². The van der Waals surface area contributed by atoms with Gasteiger partial charge in [0.1, 0.15) is 5.60 Å². The van der Waals surface area contributed by atoms with Crippen molar-refractivity contribution < 1.29 is 23.0 Å². The normalized spacial score (nSPS) is 29.2. The molecule has 0 radical (unpaired) electrons. The van der Waals surface area contributed by atoms with E-state index in [2.05, 4.69) is 53.4 Å². The lowest BCUT2D eigenvalue weighted by molar-refractivity contribution is -0.170. The maximum absolute atomic E-state index is 13.5. The van der Waals surface area contributed by atoms with Gasteiger partial charge in [-0.2, -0.15) is 0 Å². The number of phenols is 1. The van der Waals surface area contributed by atoms with Gasteiger partial charge in [-0.25, -0.2) is 0 Å². The third kappa shape index (κ3) is 4.54. The molecule has 43 heavy (non-hydrogen) atoms. The number of nitrogens with zero attached hydrogens (tertiary/aromatic N) is 1. The summed E-state index contributed by atoms with van der Waals surface area (Å²) in [5, 5.41) is 10.9. The highest BCUT2D eigenvalue weighted by molar-refractivity contribution is 7.89. The third-order valence-corrected chi connectivity index (χ3v) is 11.4. The van der Waals surface area contributed by atoms with E-state index in [4.69, 9.17) is 13.1 Å². The van der Waals surface area contributed by atoms with E-state index in [9.17, 15) is 9.90 Å². The lowest BCUT2D eigenvalue weighted by atomic mass is 9.53. The minimum Gasteiger partial charge on any atom is -0.504 e. The van der Waals surface area contributed by atoms with Crippen molar-refractivity contribution in [3.63, 3.8) is 0 Å². The van der Waals surface area contributed by atoms with Gasteiger partial charge < -0.3 is 9.84 Å². The van der Waals surface area contributed by atoms with Crippen LogP contribution >= 0.6 is 12.3 Å². The second-order valence-electron chi connectivity index (χ2n) is 13.2. The predicted molar refractivity (Wildman–Crippen MR) is 167 cm³/mol. The maximum atomic E-state index is 13.5. The van der Waals surface area contributed by atoms with E-state index < -0.39 is 17.1 Å². The van der Waals surface area contributed by atoms with E-state index >= 15 is 0 Å². The average Bonchev–Trinajstić information content (AvgIpc) is 3.79. The van der Waals surface area contributed by atoms with E-state index in [1.165, 1.54) is 35.1 Å². The number of Topliss-reactive ketones (excluding diaryl/α,β-unsaturated/α-hetero) is 1. The summed E-state index contributed by atoms with van der Waals surface area (Å²) in [5.41, 5.74) is 4.74. The fourth-order valence-electron chi connectivity index (χ4n) is 8.60. The van der Waals surface area contributed by atoms with Crippen LogP contribution in [0.5, 0.6) is 11.5 Å². The van der Waals surface area contributed by atoms with Crippen molar-refractivity contribution >= 4 is 18.1 Å². The zero-order valence-electron chi connectivity index (χ0n) is 24.5. The molecule has 1 saturated heterocycles. The molecule has 2 saturated carbocycles. The van der Waals surface area contributed by atoms with Crippen molar-refractivity contribution in [3.8, 4) is 22.6 Å². The zero-order chi connectivity index (χ0) is 29.0. The molecule has 5 aliphatic rings. The van der Waals surface area contributed by atoms with Crippen molar-refractivity contribution in [2.45, 2.75) is 80.9 Å². The first kappa shape index (κ1) is 27.7. The average molecular weight is 598 g/mol. The number of hydrogen-bond donors (Lipinski definition) is 1. The largest absolute Gasteiger partial charge is 0.504 e. The van der Waals surface area contributed by atoms with Crippen molar-refractivity contribution in [1.29, 1.82) is 0 Å². The first-order chi connectivity index (χ1) is 21.1. The van der Waals surface area contributed by atoms with E-state index in [-0.39, 0.29) is 17.6 Å². The second kappa shape index (κ2) is 11.0. The molecule has 4 unspecified atom stereocenters. The van der Waals surface area contributed by atoms with E-state index in [0.717, 1.165) is 69.0 Å². The Bertz CT molecular complexity index is 1510. The van der Waals surface area contributed by atoms with Crippen LogP contribution in [0.25, 0.3) is 11.1 Å². The SMILES string of the molecule is O=C1CCC2(OSOCCCc3ccc(-c4ccccc4)cc3)C3CCc4ccc(O)c5c4C2(CCN3CC2CC2)C1O5. The van der Waals surface area contributed by atoms with Gasteiger partial charge in [0.25, 0.3) is 0 Å². The molecule has 8 rings (SSSR count). The summed E-state index contributed by atoms with van der Waals surface area (Å²) in [4.78, 5) is 16.1. The molecule has 7 heteroatoms. The number of benzene rings is 3. The van der Waals surface area contributed by atoms with Crippen LogP contribution in [0.4, 0.5) is 0 Å². The molecule has 3 aliphatic carbocycles. The van der Waals surface area contributed by atoms with Gasteiger partial charge in [-0.3, -0.25) is 18.1 Å². The maximum Gasteiger partial charge on any atom is 0.174 e. The molecule has 0 amide bonds. The molecule has 2 bridgehead atoms. The molecular formula is C36H39NO5S.